The fourth-order valence-corrected chi connectivity index (χ4v) is 3.94. The molecule has 1 heterocycles. The molecule has 18 heavy (non-hydrogen) atoms. The Kier molecular flexibility index (Phi) is 5.55. The minimum atomic E-state index is -0.666. The number of likely N-dealkylation sites (N-methyl/N-ethyl adjacent to an activating group) is 1. The van der Waals surface area contributed by atoms with Gasteiger partial charge in [-0.3, -0.25) is 4.79 Å². The monoisotopic (exact) mass is 289 g/mol. The minimum absolute atomic E-state index is 0.244. The van der Waals surface area contributed by atoms with Crippen molar-refractivity contribution in [2.45, 2.75) is 42.3 Å². The largest absolute Gasteiger partial charge is 0.468 e. The summed E-state index contributed by atoms with van der Waals surface area (Å²) in [5.74, 6) is -0.245. The minimum Gasteiger partial charge on any atom is -0.468 e. The van der Waals surface area contributed by atoms with E-state index in [4.69, 9.17) is 4.74 Å². The summed E-state index contributed by atoms with van der Waals surface area (Å²) in [6.07, 6.45) is 0.666. The molecule has 0 saturated heterocycles. The molecule has 0 aliphatic rings. The molecule has 0 fully saturated rings. The van der Waals surface area contributed by atoms with Gasteiger partial charge in [-0.1, -0.05) is 30.0 Å². The molecule has 0 aliphatic carbocycles. The van der Waals surface area contributed by atoms with Crippen molar-refractivity contribution in [2.24, 2.45) is 0 Å². The highest BCUT2D eigenvalue weighted by atomic mass is 32.2. The fraction of sp³-hybridized carbons (Fsp3) is 0.727. The van der Waals surface area contributed by atoms with Crippen molar-refractivity contribution in [3.63, 3.8) is 0 Å². The molecule has 0 amide bonds. The molecule has 0 bridgehead atoms. The van der Waals surface area contributed by atoms with E-state index >= 15 is 0 Å². The highest BCUT2D eigenvalue weighted by Crippen LogP contribution is 2.30. The second-order valence-corrected chi connectivity index (χ2v) is 7.16. The van der Waals surface area contributed by atoms with E-state index in [2.05, 4.69) is 22.4 Å². The van der Waals surface area contributed by atoms with Crippen LogP contribution in [0.5, 0.6) is 0 Å². The number of nitrogens with zero attached hydrogens (tertiary/aromatic N) is 2. The van der Waals surface area contributed by atoms with Crippen LogP contribution in [0.4, 0.5) is 0 Å². The van der Waals surface area contributed by atoms with Crippen LogP contribution in [0.25, 0.3) is 0 Å². The number of ether oxygens (including phenoxy) is 1. The summed E-state index contributed by atoms with van der Waals surface area (Å²) in [4.78, 5) is 11.7. The van der Waals surface area contributed by atoms with Crippen molar-refractivity contribution in [1.82, 2.24) is 15.5 Å². The summed E-state index contributed by atoms with van der Waals surface area (Å²) in [5.41, 5.74) is -0.666. The lowest BCUT2D eigenvalue weighted by atomic mass is 9.96. The van der Waals surface area contributed by atoms with Gasteiger partial charge in [-0.2, -0.15) is 0 Å². The number of aryl methyl sites for hydroxylation is 1. The first kappa shape index (κ1) is 15.4. The van der Waals surface area contributed by atoms with Gasteiger partial charge >= 0.3 is 5.97 Å². The molecular formula is C11H19N3O2S2. The number of thioether (sulfide) groups is 1. The summed E-state index contributed by atoms with van der Waals surface area (Å²) in [7, 11) is 3.17. The van der Waals surface area contributed by atoms with Gasteiger partial charge in [0.05, 0.1) is 7.11 Å². The molecule has 7 heteroatoms. The predicted octanol–water partition coefficient (Wildman–Crippen LogP) is 1.87. The zero-order valence-electron chi connectivity index (χ0n) is 11.3. The van der Waals surface area contributed by atoms with Crippen molar-refractivity contribution in [1.29, 1.82) is 0 Å². The Hall–Kier alpha value is -0.660. The van der Waals surface area contributed by atoms with Crippen molar-refractivity contribution in [3.05, 3.63) is 5.01 Å². The Bertz CT molecular complexity index is 411. The smallest absolute Gasteiger partial charge is 0.325 e. The standard InChI is InChI=1S/C11H19N3O2S2/c1-7(17-10-14-13-8(2)18-10)6-11(3,12-4)9(15)16-5/h7,12H,6H2,1-5H3. The molecule has 2 unspecified atom stereocenters. The van der Waals surface area contributed by atoms with Crippen LogP contribution in [0.15, 0.2) is 4.34 Å². The SMILES string of the molecule is CNC(C)(CC(C)Sc1nnc(C)s1)C(=O)OC. The van der Waals surface area contributed by atoms with Gasteiger partial charge in [0.2, 0.25) is 0 Å². The van der Waals surface area contributed by atoms with E-state index in [-0.39, 0.29) is 11.2 Å². The summed E-state index contributed by atoms with van der Waals surface area (Å²) >= 11 is 3.20. The lowest BCUT2D eigenvalue weighted by molar-refractivity contribution is -0.147. The molecule has 1 aromatic heterocycles. The third kappa shape index (κ3) is 3.93. The average Bonchev–Trinajstić information content (AvgIpc) is 2.73. The van der Waals surface area contributed by atoms with Crippen molar-refractivity contribution < 1.29 is 9.53 Å². The van der Waals surface area contributed by atoms with E-state index in [0.717, 1.165) is 9.35 Å². The molecule has 1 aromatic rings. The second kappa shape index (κ2) is 6.49. The highest BCUT2D eigenvalue weighted by Gasteiger charge is 2.34. The Labute approximate surface area is 116 Å². The lowest BCUT2D eigenvalue weighted by Crippen LogP contribution is -2.49. The molecule has 0 radical (unpaired) electrons. The molecule has 2 atom stereocenters. The van der Waals surface area contributed by atoms with E-state index in [1.165, 1.54) is 7.11 Å². The van der Waals surface area contributed by atoms with Crippen molar-refractivity contribution >= 4 is 29.1 Å². The first-order valence-corrected chi connectivity index (χ1v) is 7.35. The number of carbonyl (C=O) groups excluding carboxylic acids is 1. The lowest BCUT2D eigenvalue weighted by Gasteiger charge is -2.28. The highest BCUT2D eigenvalue weighted by molar-refractivity contribution is 8.01. The Balaban J connectivity index is 2.62. The summed E-state index contributed by atoms with van der Waals surface area (Å²) in [5, 5.41) is 12.3. The Morgan fingerprint density at radius 2 is 2.28 bits per heavy atom. The second-order valence-electron chi connectivity index (χ2n) is 4.29. The Morgan fingerprint density at radius 1 is 1.61 bits per heavy atom. The summed E-state index contributed by atoms with van der Waals surface area (Å²) in [6.45, 7) is 5.85. The van der Waals surface area contributed by atoms with Crippen molar-refractivity contribution in [2.75, 3.05) is 14.2 Å². The van der Waals surface area contributed by atoms with Gasteiger partial charge in [0.15, 0.2) is 4.34 Å². The summed E-state index contributed by atoms with van der Waals surface area (Å²) < 4.78 is 5.76. The van der Waals surface area contributed by atoms with E-state index in [9.17, 15) is 4.79 Å². The zero-order valence-corrected chi connectivity index (χ0v) is 12.9. The maximum Gasteiger partial charge on any atom is 0.325 e. The molecule has 0 saturated carbocycles. The van der Waals surface area contributed by atoms with Crippen LogP contribution in [-0.4, -0.2) is 41.1 Å². The number of aromatic nitrogens is 2. The third-order valence-electron chi connectivity index (χ3n) is 2.69. The van der Waals surface area contributed by atoms with Crippen LogP contribution in [0.1, 0.15) is 25.3 Å². The quantitative estimate of drug-likeness (QED) is 0.637. The molecule has 1 N–H and O–H groups in total. The van der Waals surface area contributed by atoms with Crippen LogP contribution in [0, 0.1) is 6.92 Å². The molecule has 0 aliphatic heterocycles. The molecule has 5 nitrogen and oxygen atoms in total. The average molecular weight is 289 g/mol. The number of carbonyl (C=O) groups is 1. The fourth-order valence-electron chi connectivity index (χ4n) is 1.63. The predicted molar refractivity (Wildman–Crippen MR) is 74.1 cm³/mol. The number of methoxy groups -OCH3 is 1. The molecule has 102 valence electrons. The van der Waals surface area contributed by atoms with Crippen LogP contribution >= 0.6 is 23.1 Å². The zero-order chi connectivity index (χ0) is 13.8. The van der Waals surface area contributed by atoms with Gasteiger partial charge < -0.3 is 10.1 Å². The van der Waals surface area contributed by atoms with E-state index in [1.807, 2.05) is 13.8 Å². The maximum atomic E-state index is 11.7. The Morgan fingerprint density at radius 3 is 2.72 bits per heavy atom. The number of nitrogens with one attached hydrogen (secondary N) is 1. The first-order valence-electron chi connectivity index (χ1n) is 5.65. The molecular weight excluding hydrogens is 270 g/mol. The van der Waals surface area contributed by atoms with Crippen LogP contribution < -0.4 is 5.32 Å². The van der Waals surface area contributed by atoms with Crippen molar-refractivity contribution in [3.8, 4) is 0 Å². The van der Waals surface area contributed by atoms with Crippen LogP contribution in [0.2, 0.25) is 0 Å². The topological polar surface area (TPSA) is 64.1 Å². The van der Waals surface area contributed by atoms with Crippen LogP contribution in [-0.2, 0) is 9.53 Å². The van der Waals surface area contributed by atoms with Gasteiger partial charge in [-0.15, -0.1) is 10.2 Å². The van der Waals surface area contributed by atoms with Gasteiger partial charge in [-0.25, -0.2) is 0 Å². The first-order chi connectivity index (χ1) is 8.41. The van der Waals surface area contributed by atoms with Gasteiger partial charge in [0.25, 0.3) is 0 Å². The van der Waals surface area contributed by atoms with Gasteiger partial charge in [0, 0.05) is 5.25 Å². The van der Waals surface area contributed by atoms with Gasteiger partial charge in [0.1, 0.15) is 10.5 Å². The van der Waals surface area contributed by atoms with Gasteiger partial charge in [-0.05, 0) is 27.3 Å². The molecule has 0 aromatic carbocycles. The normalized spacial score (nSPS) is 16.1. The van der Waals surface area contributed by atoms with Crippen LogP contribution in [0.3, 0.4) is 0 Å². The van der Waals surface area contributed by atoms with E-state index < -0.39 is 5.54 Å². The number of esters is 1. The summed E-state index contributed by atoms with van der Waals surface area (Å²) in [6, 6.07) is 0. The molecule has 1 rings (SSSR count). The van der Waals surface area contributed by atoms with E-state index in [1.54, 1.807) is 30.1 Å². The number of rotatable bonds is 6. The maximum absolute atomic E-state index is 11.7. The number of hydrogen-bond acceptors (Lipinski definition) is 7. The molecule has 0 spiro atoms. The van der Waals surface area contributed by atoms with E-state index in [0.29, 0.717) is 6.42 Å². The third-order valence-corrected chi connectivity index (χ3v) is 4.72. The number of hydrogen-bond donors (Lipinski definition) is 1.